The first-order chi connectivity index (χ1) is 15.1. The number of hydrogen-bond donors (Lipinski definition) is 1. The predicted molar refractivity (Wildman–Crippen MR) is 124 cm³/mol. The minimum absolute atomic E-state index is 0.100. The summed E-state index contributed by atoms with van der Waals surface area (Å²) in [5, 5.41) is 11.6. The average Bonchev–Trinajstić information content (AvgIpc) is 2.78. The highest BCUT2D eigenvalue weighted by molar-refractivity contribution is 5.49. The summed E-state index contributed by atoms with van der Waals surface area (Å²) in [4.78, 5) is 16.5. The lowest BCUT2D eigenvalue weighted by Crippen LogP contribution is -2.37. The van der Waals surface area contributed by atoms with Crippen LogP contribution >= 0.6 is 0 Å². The summed E-state index contributed by atoms with van der Waals surface area (Å²) in [5.74, 6) is 0.836. The average molecular weight is 421 g/mol. The third kappa shape index (κ3) is 6.94. The maximum atomic E-state index is 10.3. The molecule has 1 aromatic carbocycles. The van der Waals surface area contributed by atoms with E-state index in [1.165, 1.54) is 17.5 Å². The van der Waals surface area contributed by atoms with Gasteiger partial charge in [0.1, 0.15) is 18.2 Å². The summed E-state index contributed by atoms with van der Waals surface area (Å²) < 4.78 is 5.90. The summed E-state index contributed by atoms with van der Waals surface area (Å²) in [6.07, 6.45) is 10.1. The van der Waals surface area contributed by atoms with Crippen molar-refractivity contribution in [2.45, 2.75) is 45.1 Å². The Hall–Kier alpha value is -3.17. The molecule has 0 bridgehead atoms. The summed E-state index contributed by atoms with van der Waals surface area (Å²) >= 11 is 0. The van der Waals surface area contributed by atoms with E-state index in [1.54, 1.807) is 12.3 Å². The smallest absolute Gasteiger partial charge is 0.132 e. The number of anilines is 1. The normalized spacial score (nSPS) is 14.0. The predicted octanol–water partition coefficient (Wildman–Crippen LogP) is 4.45. The van der Waals surface area contributed by atoms with E-state index in [-0.39, 0.29) is 5.60 Å². The minimum Gasteiger partial charge on any atom is -0.393 e. The number of nitrogens with zero attached hydrogens (tertiary/aromatic N) is 3. The van der Waals surface area contributed by atoms with E-state index in [2.05, 4.69) is 41.5 Å². The third-order valence-corrected chi connectivity index (χ3v) is 5.29. The summed E-state index contributed by atoms with van der Waals surface area (Å²) in [5.41, 5.74) is 3.00. The number of aryl methyl sites for hydroxylation is 1. The van der Waals surface area contributed by atoms with Gasteiger partial charge in [0.25, 0.3) is 0 Å². The van der Waals surface area contributed by atoms with Crippen molar-refractivity contribution in [1.29, 1.82) is 5.26 Å². The molecule has 1 saturated carbocycles. The molecule has 6 heteroatoms. The SMILES string of the molecule is CCN(/C=C/NC)c1ccc(C#N)cn1.Cc1ccc(C2(OCCC=O)CCC2)cc1. The van der Waals surface area contributed by atoms with Crippen molar-refractivity contribution in [3.63, 3.8) is 0 Å². The molecular weight excluding hydrogens is 388 g/mol. The lowest BCUT2D eigenvalue weighted by molar-refractivity contribution is -0.120. The summed E-state index contributed by atoms with van der Waals surface area (Å²) in [7, 11) is 1.84. The molecule has 1 aromatic heterocycles. The van der Waals surface area contributed by atoms with Gasteiger partial charge in [0.05, 0.1) is 17.8 Å². The van der Waals surface area contributed by atoms with Crippen molar-refractivity contribution in [3.05, 3.63) is 71.7 Å². The number of hydrogen-bond acceptors (Lipinski definition) is 6. The lowest BCUT2D eigenvalue weighted by atomic mass is 9.74. The molecule has 164 valence electrons. The molecule has 1 fully saturated rings. The van der Waals surface area contributed by atoms with Gasteiger partial charge in [-0.1, -0.05) is 29.8 Å². The van der Waals surface area contributed by atoms with Crippen LogP contribution < -0.4 is 10.2 Å². The number of carbonyl (C=O) groups excluding carboxylic acids is 1. The molecule has 1 aliphatic rings. The van der Waals surface area contributed by atoms with Crippen LogP contribution in [0.2, 0.25) is 0 Å². The fraction of sp³-hybridized carbons (Fsp3) is 0.400. The molecule has 2 aromatic rings. The van der Waals surface area contributed by atoms with Gasteiger partial charge >= 0.3 is 0 Å². The fourth-order valence-electron chi connectivity index (χ4n) is 3.30. The van der Waals surface area contributed by atoms with Crippen LogP contribution in [0.4, 0.5) is 5.82 Å². The topological polar surface area (TPSA) is 78.2 Å². The van der Waals surface area contributed by atoms with Crippen LogP contribution in [-0.2, 0) is 15.1 Å². The van der Waals surface area contributed by atoms with Gasteiger partial charge in [-0.2, -0.15) is 5.26 Å². The number of carbonyl (C=O) groups is 1. The second-order valence-corrected chi connectivity index (χ2v) is 7.42. The van der Waals surface area contributed by atoms with Gasteiger partial charge in [-0.05, 0) is 50.8 Å². The van der Waals surface area contributed by atoms with Crippen molar-refractivity contribution in [3.8, 4) is 6.07 Å². The lowest BCUT2D eigenvalue weighted by Gasteiger charge is -2.42. The van der Waals surface area contributed by atoms with Gasteiger partial charge in [-0.15, -0.1) is 0 Å². The molecule has 1 N–H and O–H groups in total. The Balaban J connectivity index is 0.000000221. The van der Waals surface area contributed by atoms with E-state index in [9.17, 15) is 4.79 Å². The highest BCUT2D eigenvalue weighted by atomic mass is 16.5. The van der Waals surface area contributed by atoms with E-state index < -0.39 is 0 Å². The molecule has 0 unspecified atom stereocenters. The molecule has 0 radical (unpaired) electrons. The van der Waals surface area contributed by atoms with Gasteiger partial charge < -0.3 is 19.7 Å². The minimum atomic E-state index is -0.100. The van der Waals surface area contributed by atoms with Gasteiger partial charge in [-0.25, -0.2) is 4.98 Å². The molecule has 0 spiro atoms. The van der Waals surface area contributed by atoms with Crippen LogP contribution in [0.3, 0.4) is 0 Å². The number of rotatable bonds is 9. The molecule has 1 heterocycles. The Morgan fingerprint density at radius 3 is 2.48 bits per heavy atom. The monoisotopic (exact) mass is 420 g/mol. The van der Waals surface area contributed by atoms with Crippen LogP contribution in [-0.4, -0.2) is 31.5 Å². The quantitative estimate of drug-likeness (QED) is 0.477. The second-order valence-electron chi connectivity index (χ2n) is 7.42. The van der Waals surface area contributed by atoms with Crippen LogP contribution in [0.1, 0.15) is 49.3 Å². The molecular formula is C25H32N4O2. The van der Waals surface area contributed by atoms with Crippen molar-refractivity contribution < 1.29 is 9.53 Å². The Morgan fingerprint density at radius 2 is 2.00 bits per heavy atom. The van der Waals surface area contributed by atoms with Gasteiger partial charge in [0, 0.05) is 38.6 Å². The first kappa shape index (κ1) is 24.1. The number of aldehydes is 1. The number of aromatic nitrogens is 1. The summed E-state index contributed by atoms with van der Waals surface area (Å²) in [6.45, 7) is 5.50. The second kappa shape index (κ2) is 12.5. The number of benzene rings is 1. The van der Waals surface area contributed by atoms with Gasteiger partial charge in [-0.3, -0.25) is 0 Å². The van der Waals surface area contributed by atoms with E-state index in [4.69, 9.17) is 10.00 Å². The third-order valence-electron chi connectivity index (χ3n) is 5.29. The fourth-order valence-corrected chi connectivity index (χ4v) is 3.30. The molecule has 0 atom stereocenters. The van der Waals surface area contributed by atoms with Gasteiger partial charge in [0.2, 0.25) is 0 Å². The maximum Gasteiger partial charge on any atom is 0.132 e. The maximum absolute atomic E-state index is 10.3. The standard InChI is InChI=1S/C14H18O2.C11H14N4/c1-12-4-6-13(7-5-12)14(8-2-9-14)16-11-3-10-15;1-3-15(7-6-13-2)11-5-4-10(8-12)9-14-11/h4-7,10H,2-3,8-9,11H2,1H3;4-7,9,13H,3H2,1-2H3/b;7-6+. The van der Waals surface area contributed by atoms with Crippen LogP contribution in [0.25, 0.3) is 0 Å². The van der Waals surface area contributed by atoms with E-state index >= 15 is 0 Å². The number of nitriles is 1. The summed E-state index contributed by atoms with van der Waals surface area (Å²) in [6, 6.07) is 14.2. The molecule has 0 saturated heterocycles. The number of pyridine rings is 1. The molecule has 1 aliphatic carbocycles. The Bertz CT molecular complexity index is 866. The van der Waals surface area contributed by atoms with Crippen molar-refractivity contribution >= 4 is 12.1 Å². The van der Waals surface area contributed by atoms with Crippen molar-refractivity contribution in [2.24, 2.45) is 0 Å². The largest absolute Gasteiger partial charge is 0.393 e. The number of ether oxygens (including phenoxy) is 1. The molecule has 6 nitrogen and oxygen atoms in total. The van der Waals surface area contributed by atoms with Crippen LogP contribution in [0.5, 0.6) is 0 Å². The van der Waals surface area contributed by atoms with Gasteiger partial charge in [0.15, 0.2) is 0 Å². The first-order valence-electron chi connectivity index (χ1n) is 10.7. The van der Waals surface area contributed by atoms with Crippen LogP contribution in [0, 0.1) is 18.3 Å². The Morgan fingerprint density at radius 1 is 1.26 bits per heavy atom. The highest BCUT2D eigenvalue weighted by Crippen LogP contribution is 2.44. The highest BCUT2D eigenvalue weighted by Gasteiger charge is 2.39. The van der Waals surface area contributed by atoms with Crippen LogP contribution in [0.15, 0.2) is 55.0 Å². The van der Waals surface area contributed by atoms with E-state index in [0.717, 1.165) is 31.5 Å². The zero-order valence-electron chi connectivity index (χ0n) is 18.7. The number of nitrogens with one attached hydrogen (secondary N) is 1. The molecule has 0 aliphatic heterocycles. The molecule has 0 amide bonds. The Labute approximate surface area is 185 Å². The van der Waals surface area contributed by atoms with E-state index in [0.29, 0.717) is 18.6 Å². The molecule has 31 heavy (non-hydrogen) atoms. The zero-order chi connectivity index (χ0) is 22.5. The van der Waals surface area contributed by atoms with Crippen molar-refractivity contribution in [1.82, 2.24) is 10.3 Å². The molecule has 3 rings (SSSR count). The Kier molecular flexibility index (Phi) is 9.73. The zero-order valence-corrected chi connectivity index (χ0v) is 18.7. The van der Waals surface area contributed by atoms with E-state index in [1.807, 2.05) is 43.4 Å². The van der Waals surface area contributed by atoms with Crippen molar-refractivity contribution in [2.75, 3.05) is 25.1 Å². The first-order valence-corrected chi connectivity index (χ1v) is 10.7.